The number of fused-ring (bicyclic) bond motifs is 4. The van der Waals surface area contributed by atoms with Gasteiger partial charge in [0.05, 0.1) is 19.3 Å². The van der Waals surface area contributed by atoms with Gasteiger partial charge in [0.2, 0.25) is 5.91 Å². The van der Waals surface area contributed by atoms with Gasteiger partial charge in [-0.2, -0.15) is 0 Å². The van der Waals surface area contributed by atoms with E-state index in [0.717, 1.165) is 17.5 Å². The van der Waals surface area contributed by atoms with E-state index < -0.39 is 36.2 Å². The molecule has 2 aliphatic rings. The van der Waals surface area contributed by atoms with Crippen LogP contribution < -0.4 is 5.32 Å². The van der Waals surface area contributed by atoms with E-state index >= 15 is 0 Å². The van der Waals surface area contributed by atoms with Crippen LogP contribution in [0.2, 0.25) is 0 Å². The van der Waals surface area contributed by atoms with Crippen molar-refractivity contribution in [1.82, 2.24) is 10.2 Å². The summed E-state index contributed by atoms with van der Waals surface area (Å²) in [5, 5.41) is 12.3. The number of carbonyl (C=O) groups is 3. The molecule has 2 heterocycles. The highest BCUT2D eigenvalue weighted by Crippen LogP contribution is 2.24. The Hall–Kier alpha value is -2.87. The molecule has 0 spiro atoms. The zero-order chi connectivity index (χ0) is 22.4. The maximum absolute atomic E-state index is 13.2. The predicted octanol–water partition coefficient (Wildman–Crippen LogP) is 2.82. The number of allylic oxidation sites excluding steroid dienone is 1. The van der Waals surface area contributed by atoms with Gasteiger partial charge in [0, 0.05) is 13.0 Å². The second-order valence-electron chi connectivity index (χ2n) is 8.30. The molecule has 168 valence electrons. The highest BCUT2D eigenvalue weighted by atomic mass is 16.5. The third-order valence-corrected chi connectivity index (χ3v) is 5.53. The predicted molar refractivity (Wildman–Crippen MR) is 114 cm³/mol. The second-order valence-corrected chi connectivity index (χ2v) is 8.30. The van der Waals surface area contributed by atoms with Crippen LogP contribution in [-0.4, -0.2) is 59.3 Å². The van der Waals surface area contributed by atoms with Crippen LogP contribution in [0.4, 0.5) is 4.79 Å². The molecule has 2 N–H and O–H groups in total. The van der Waals surface area contributed by atoms with E-state index in [1.54, 1.807) is 13.8 Å². The summed E-state index contributed by atoms with van der Waals surface area (Å²) >= 11 is 0. The Balaban J connectivity index is 1.83. The lowest BCUT2D eigenvalue weighted by Gasteiger charge is -2.29. The molecule has 0 radical (unpaired) electrons. The highest BCUT2D eigenvalue weighted by Gasteiger charge is 2.43. The molecule has 1 fully saturated rings. The molecule has 3 atom stereocenters. The van der Waals surface area contributed by atoms with E-state index in [-0.39, 0.29) is 25.5 Å². The molecule has 0 aliphatic carbocycles. The lowest BCUT2D eigenvalue weighted by Crippen LogP contribution is -2.54. The van der Waals surface area contributed by atoms with Crippen LogP contribution in [-0.2, 0) is 25.7 Å². The molecule has 3 rings (SSSR count). The zero-order valence-corrected chi connectivity index (χ0v) is 18.0. The molecule has 1 saturated heterocycles. The number of rotatable bonds is 2. The third kappa shape index (κ3) is 6.07. The second kappa shape index (κ2) is 10.4. The molecule has 31 heavy (non-hydrogen) atoms. The van der Waals surface area contributed by atoms with Crippen molar-refractivity contribution >= 4 is 24.0 Å². The number of hydrogen-bond acceptors (Lipinski definition) is 5. The maximum atomic E-state index is 13.2. The number of nitrogens with zero attached hydrogens (tertiary/aromatic N) is 1. The minimum Gasteiger partial charge on any atom is -0.480 e. The van der Waals surface area contributed by atoms with Crippen LogP contribution in [0.5, 0.6) is 0 Å². The Kier molecular flexibility index (Phi) is 7.68. The number of nitrogens with one attached hydrogen (secondary N) is 1. The molecule has 8 nitrogen and oxygen atoms in total. The first-order chi connectivity index (χ1) is 14.8. The van der Waals surface area contributed by atoms with Gasteiger partial charge in [-0.3, -0.25) is 4.79 Å². The van der Waals surface area contributed by atoms with Gasteiger partial charge in [0.25, 0.3) is 0 Å². The quantitative estimate of drug-likeness (QED) is 0.748. The molecular formula is C23H30N2O6. The molecular weight excluding hydrogens is 400 g/mol. The minimum absolute atomic E-state index is 0.162. The van der Waals surface area contributed by atoms with Gasteiger partial charge in [0.15, 0.2) is 0 Å². The SMILES string of the molecule is CC(C)[C@@H]1NC(=O)OCCCC=Cc2cccc(c2)CO[C@@H]2C[C@@H](C(=O)O)N(C2)C1=O. The van der Waals surface area contributed by atoms with E-state index in [1.165, 1.54) is 4.90 Å². The van der Waals surface area contributed by atoms with Crippen molar-refractivity contribution in [2.45, 2.75) is 57.9 Å². The molecule has 8 heteroatoms. The molecule has 1 aromatic carbocycles. The van der Waals surface area contributed by atoms with Crippen molar-refractivity contribution in [3.8, 4) is 0 Å². The van der Waals surface area contributed by atoms with E-state index in [1.807, 2.05) is 36.4 Å². The van der Waals surface area contributed by atoms with Crippen LogP contribution >= 0.6 is 0 Å². The summed E-state index contributed by atoms with van der Waals surface area (Å²) in [6, 6.07) is 6.05. The van der Waals surface area contributed by atoms with Crippen molar-refractivity contribution in [2.75, 3.05) is 13.2 Å². The summed E-state index contributed by atoms with van der Waals surface area (Å²) in [5.41, 5.74) is 2.02. The monoisotopic (exact) mass is 430 g/mol. The van der Waals surface area contributed by atoms with E-state index in [2.05, 4.69) is 5.32 Å². The normalized spacial score (nSPS) is 25.5. The number of amides is 2. The number of carboxylic acids is 1. The first kappa shape index (κ1) is 22.8. The van der Waals surface area contributed by atoms with Gasteiger partial charge in [-0.05, 0) is 36.0 Å². The molecule has 0 saturated carbocycles. The Morgan fingerprint density at radius 2 is 2.10 bits per heavy atom. The molecule has 2 aliphatic heterocycles. The molecule has 0 aromatic heterocycles. The lowest BCUT2D eigenvalue weighted by atomic mass is 10.0. The fourth-order valence-corrected chi connectivity index (χ4v) is 3.84. The summed E-state index contributed by atoms with van der Waals surface area (Å²) in [7, 11) is 0. The van der Waals surface area contributed by atoms with Gasteiger partial charge in [0.1, 0.15) is 12.1 Å². The van der Waals surface area contributed by atoms with Crippen molar-refractivity contribution in [2.24, 2.45) is 5.92 Å². The summed E-state index contributed by atoms with van der Waals surface area (Å²) < 4.78 is 11.2. The topological polar surface area (TPSA) is 105 Å². The number of ether oxygens (including phenoxy) is 2. The van der Waals surface area contributed by atoms with Crippen LogP contribution in [0.15, 0.2) is 30.3 Å². The Morgan fingerprint density at radius 1 is 1.29 bits per heavy atom. The number of carboxylic acid groups (broad SMARTS) is 1. The fraction of sp³-hybridized carbons (Fsp3) is 0.522. The van der Waals surface area contributed by atoms with Crippen LogP contribution in [0.3, 0.4) is 0 Å². The van der Waals surface area contributed by atoms with Gasteiger partial charge >= 0.3 is 12.1 Å². The van der Waals surface area contributed by atoms with Crippen molar-refractivity contribution in [3.63, 3.8) is 0 Å². The van der Waals surface area contributed by atoms with E-state index in [0.29, 0.717) is 13.0 Å². The number of benzene rings is 1. The van der Waals surface area contributed by atoms with E-state index in [9.17, 15) is 19.5 Å². The number of carbonyl (C=O) groups excluding carboxylic acids is 2. The molecule has 1 aromatic rings. The standard InChI is InChI=1S/C23H30N2O6/c1-15(2)20-21(26)25-13-18(12-19(25)22(27)28)31-14-17-9-6-8-16(11-17)7-4-3-5-10-30-23(29)24-20/h4,6-9,11,15,18-20H,3,5,10,12-14H2,1-2H3,(H,24,29)(H,27,28)/t18-,19+,20+/m1/s1. The molecule has 0 unspecified atom stereocenters. The smallest absolute Gasteiger partial charge is 0.407 e. The average Bonchev–Trinajstić information content (AvgIpc) is 3.17. The number of aliphatic carboxylic acids is 1. The van der Waals surface area contributed by atoms with Gasteiger partial charge in [-0.15, -0.1) is 0 Å². The minimum atomic E-state index is -1.08. The molecule has 4 bridgehead atoms. The summed E-state index contributed by atoms with van der Waals surface area (Å²) in [6.07, 6.45) is 4.57. The van der Waals surface area contributed by atoms with Crippen LogP contribution in [0, 0.1) is 5.92 Å². The summed E-state index contributed by atoms with van der Waals surface area (Å²) in [6.45, 7) is 4.32. The number of cyclic esters (lactones) is 1. The van der Waals surface area contributed by atoms with Gasteiger partial charge < -0.3 is 24.8 Å². The Labute approximate surface area is 182 Å². The summed E-state index contributed by atoms with van der Waals surface area (Å²) in [5.74, 6) is -1.75. The van der Waals surface area contributed by atoms with Crippen LogP contribution in [0.1, 0.15) is 44.2 Å². The Bertz CT molecular complexity index is 837. The van der Waals surface area contributed by atoms with Gasteiger partial charge in [-0.25, -0.2) is 9.59 Å². The first-order valence-corrected chi connectivity index (χ1v) is 10.7. The zero-order valence-electron chi connectivity index (χ0n) is 18.0. The first-order valence-electron chi connectivity index (χ1n) is 10.7. The largest absolute Gasteiger partial charge is 0.480 e. The summed E-state index contributed by atoms with van der Waals surface area (Å²) in [4.78, 5) is 38.5. The van der Waals surface area contributed by atoms with Crippen molar-refractivity contribution < 1.29 is 29.0 Å². The maximum Gasteiger partial charge on any atom is 0.407 e. The van der Waals surface area contributed by atoms with Gasteiger partial charge in [-0.1, -0.05) is 44.2 Å². The van der Waals surface area contributed by atoms with E-state index in [4.69, 9.17) is 9.47 Å². The van der Waals surface area contributed by atoms with Crippen molar-refractivity contribution in [1.29, 1.82) is 0 Å². The number of hydrogen-bond donors (Lipinski definition) is 2. The third-order valence-electron chi connectivity index (χ3n) is 5.53. The molecule has 2 amide bonds. The Morgan fingerprint density at radius 3 is 2.84 bits per heavy atom. The lowest BCUT2D eigenvalue weighted by molar-refractivity contribution is -0.149. The van der Waals surface area contributed by atoms with Crippen molar-refractivity contribution in [3.05, 3.63) is 41.5 Å². The average molecular weight is 431 g/mol. The number of alkyl carbamates (subject to hydrolysis) is 1. The fourth-order valence-electron chi connectivity index (χ4n) is 3.84. The highest BCUT2D eigenvalue weighted by molar-refractivity contribution is 5.90. The van der Waals surface area contributed by atoms with Crippen LogP contribution in [0.25, 0.3) is 6.08 Å².